The number of hydrogen-bond acceptors (Lipinski definition) is 4. The molecule has 0 unspecified atom stereocenters. The molecular weight excluding hydrogens is 257 g/mol. The van der Waals surface area contributed by atoms with Gasteiger partial charge in [0.15, 0.2) is 9.84 Å². The molecule has 0 spiro atoms. The van der Waals surface area contributed by atoms with Crippen LogP contribution in [0.2, 0.25) is 0 Å². The van der Waals surface area contributed by atoms with Crippen LogP contribution in [0.25, 0.3) is 0 Å². The Morgan fingerprint density at radius 2 is 1.94 bits per heavy atom. The van der Waals surface area contributed by atoms with Crippen LogP contribution in [-0.2, 0) is 9.84 Å². The van der Waals surface area contributed by atoms with Gasteiger partial charge in [0.05, 0.1) is 16.2 Å². The Morgan fingerprint density at radius 1 is 1.33 bits per heavy atom. The number of benzene rings is 1. The van der Waals surface area contributed by atoms with Crippen LogP contribution in [0.3, 0.4) is 0 Å². The van der Waals surface area contributed by atoms with E-state index in [1.807, 2.05) is 0 Å². The fourth-order valence-corrected chi connectivity index (χ4v) is 2.09. The molecule has 0 heterocycles. The number of nitrogen functional groups attached to an aromatic ring is 1. The summed E-state index contributed by atoms with van der Waals surface area (Å²) in [5.74, 6) is -0.417. The van der Waals surface area contributed by atoms with Crippen LogP contribution in [0.1, 0.15) is 20.8 Å². The highest BCUT2D eigenvalue weighted by Gasteiger charge is 2.28. The van der Waals surface area contributed by atoms with E-state index in [2.05, 4.69) is 0 Å². The van der Waals surface area contributed by atoms with E-state index in [0.29, 0.717) is 0 Å². The van der Waals surface area contributed by atoms with E-state index in [-0.39, 0.29) is 23.8 Å². The highest BCUT2D eigenvalue weighted by molar-refractivity contribution is 7.92. The summed E-state index contributed by atoms with van der Waals surface area (Å²) in [7, 11) is -3.23. The normalized spacial score (nSPS) is 12.4. The maximum absolute atomic E-state index is 13.1. The number of halogens is 1. The van der Waals surface area contributed by atoms with E-state index in [0.717, 1.165) is 6.07 Å². The van der Waals surface area contributed by atoms with Gasteiger partial charge in [-0.3, -0.25) is 0 Å². The van der Waals surface area contributed by atoms with Gasteiger partial charge in [0, 0.05) is 6.07 Å². The molecule has 1 aromatic rings. The van der Waals surface area contributed by atoms with Gasteiger partial charge in [0.2, 0.25) is 0 Å². The lowest BCUT2D eigenvalue weighted by Crippen LogP contribution is -2.32. The predicted molar refractivity (Wildman–Crippen MR) is 69.8 cm³/mol. The molecule has 18 heavy (non-hydrogen) atoms. The fraction of sp³-hybridized carbons (Fsp3) is 0.500. The Balaban J connectivity index is 2.60. The molecule has 0 fully saturated rings. The molecule has 0 bridgehead atoms. The van der Waals surface area contributed by atoms with Crippen LogP contribution < -0.4 is 10.5 Å². The van der Waals surface area contributed by atoms with Crippen molar-refractivity contribution in [3.05, 3.63) is 24.0 Å². The van der Waals surface area contributed by atoms with E-state index >= 15 is 0 Å². The second kappa shape index (κ2) is 5.14. The fourth-order valence-electron chi connectivity index (χ4n) is 1.17. The van der Waals surface area contributed by atoms with Gasteiger partial charge in [-0.1, -0.05) is 0 Å². The van der Waals surface area contributed by atoms with Crippen LogP contribution in [0.15, 0.2) is 18.2 Å². The van der Waals surface area contributed by atoms with Crippen molar-refractivity contribution in [2.45, 2.75) is 25.5 Å². The molecule has 1 rings (SSSR count). The summed E-state index contributed by atoms with van der Waals surface area (Å²) < 4.78 is 41.1. The molecule has 0 atom stereocenters. The number of anilines is 1. The van der Waals surface area contributed by atoms with Crippen LogP contribution >= 0.6 is 0 Å². The van der Waals surface area contributed by atoms with E-state index in [1.165, 1.54) is 12.1 Å². The van der Waals surface area contributed by atoms with E-state index in [9.17, 15) is 12.8 Å². The first-order valence-electron chi connectivity index (χ1n) is 5.53. The average Bonchev–Trinajstić information content (AvgIpc) is 2.21. The lowest BCUT2D eigenvalue weighted by atomic mass is 10.3. The Bertz CT molecular complexity index is 521. The van der Waals surface area contributed by atoms with Crippen molar-refractivity contribution in [3.8, 4) is 5.75 Å². The molecule has 0 aromatic heterocycles. The second-order valence-corrected chi connectivity index (χ2v) is 7.83. The molecule has 6 heteroatoms. The van der Waals surface area contributed by atoms with Crippen molar-refractivity contribution in [2.75, 3.05) is 18.1 Å². The summed E-state index contributed by atoms with van der Waals surface area (Å²) in [6.45, 7) is 4.88. The number of sulfone groups is 1. The molecule has 0 saturated carbocycles. The van der Waals surface area contributed by atoms with Crippen molar-refractivity contribution >= 4 is 15.5 Å². The summed E-state index contributed by atoms with van der Waals surface area (Å²) in [5.41, 5.74) is 5.35. The minimum absolute atomic E-state index is 0.0110. The smallest absolute Gasteiger partial charge is 0.158 e. The Morgan fingerprint density at radius 3 is 2.44 bits per heavy atom. The van der Waals surface area contributed by atoms with Gasteiger partial charge < -0.3 is 10.5 Å². The minimum Gasteiger partial charge on any atom is -0.492 e. The van der Waals surface area contributed by atoms with E-state index < -0.39 is 20.4 Å². The highest BCUT2D eigenvalue weighted by Crippen LogP contribution is 2.19. The lowest BCUT2D eigenvalue weighted by molar-refractivity contribution is 0.338. The van der Waals surface area contributed by atoms with Crippen molar-refractivity contribution in [2.24, 2.45) is 0 Å². The third-order valence-corrected chi connectivity index (χ3v) is 5.10. The number of rotatable bonds is 4. The molecule has 0 amide bonds. The van der Waals surface area contributed by atoms with E-state index in [4.69, 9.17) is 10.5 Å². The van der Waals surface area contributed by atoms with Gasteiger partial charge >= 0.3 is 0 Å². The third-order valence-electron chi connectivity index (χ3n) is 2.53. The van der Waals surface area contributed by atoms with Crippen molar-refractivity contribution < 1.29 is 17.5 Å². The van der Waals surface area contributed by atoms with Crippen LogP contribution in [-0.4, -0.2) is 25.5 Å². The van der Waals surface area contributed by atoms with E-state index in [1.54, 1.807) is 20.8 Å². The van der Waals surface area contributed by atoms with Gasteiger partial charge in [-0.25, -0.2) is 12.8 Å². The topological polar surface area (TPSA) is 69.4 Å². The lowest BCUT2D eigenvalue weighted by Gasteiger charge is -2.19. The molecule has 2 N–H and O–H groups in total. The summed E-state index contributed by atoms with van der Waals surface area (Å²) >= 11 is 0. The SMILES string of the molecule is CC(C)(C)S(=O)(=O)CCOc1ccc(N)c(F)c1. The zero-order chi connectivity index (χ0) is 14.0. The van der Waals surface area contributed by atoms with Gasteiger partial charge in [-0.2, -0.15) is 0 Å². The monoisotopic (exact) mass is 275 g/mol. The molecular formula is C12H18FNO3S. The number of nitrogens with two attached hydrogens (primary N) is 1. The van der Waals surface area contributed by atoms with Crippen molar-refractivity contribution in [1.29, 1.82) is 0 Å². The second-order valence-electron chi connectivity index (χ2n) is 4.96. The molecule has 0 aliphatic rings. The molecule has 0 aliphatic heterocycles. The number of hydrogen-bond donors (Lipinski definition) is 1. The van der Waals surface area contributed by atoms with Crippen LogP contribution in [0, 0.1) is 5.82 Å². The zero-order valence-electron chi connectivity index (χ0n) is 10.7. The minimum atomic E-state index is -3.23. The largest absolute Gasteiger partial charge is 0.492 e. The third kappa shape index (κ3) is 3.60. The quantitative estimate of drug-likeness (QED) is 0.853. The zero-order valence-corrected chi connectivity index (χ0v) is 11.6. The van der Waals surface area contributed by atoms with Gasteiger partial charge in [-0.15, -0.1) is 0 Å². The van der Waals surface area contributed by atoms with Gasteiger partial charge in [0.25, 0.3) is 0 Å². The molecule has 102 valence electrons. The molecule has 4 nitrogen and oxygen atoms in total. The molecule has 0 saturated heterocycles. The Hall–Kier alpha value is -1.30. The Labute approximate surface area is 107 Å². The molecule has 1 aromatic carbocycles. The summed E-state index contributed by atoms with van der Waals surface area (Å²) in [4.78, 5) is 0. The first-order valence-corrected chi connectivity index (χ1v) is 7.19. The molecule has 0 radical (unpaired) electrons. The maximum Gasteiger partial charge on any atom is 0.158 e. The van der Waals surface area contributed by atoms with Crippen LogP contribution in [0.5, 0.6) is 5.75 Å². The first kappa shape index (κ1) is 14.8. The molecule has 0 aliphatic carbocycles. The van der Waals surface area contributed by atoms with Gasteiger partial charge in [0.1, 0.15) is 18.2 Å². The van der Waals surface area contributed by atoms with Crippen LogP contribution in [0.4, 0.5) is 10.1 Å². The summed E-state index contributed by atoms with van der Waals surface area (Å²) in [6.07, 6.45) is 0. The number of ether oxygens (including phenoxy) is 1. The standard InChI is InChI=1S/C12H18FNO3S/c1-12(2,3)18(15,16)7-6-17-9-4-5-11(14)10(13)8-9/h4-5,8H,6-7,14H2,1-3H3. The van der Waals surface area contributed by atoms with Crippen molar-refractivity contribution in [1.82, 2.24) is 0 Å². The summed E-state index contributed by atoms with van der Waals surface area (Å²) in [5, 5.41) is 0. The Kier molecular flexibility index (Phi) is 4.21. The first-order chi connectivity index (χ1) is 8.13. The maximum atomic E-state index is 13.1. The van der Waals surface area contributed by atoms with Gasteiger partial charge in [-0.05, 0) is 32.9 Å². The predicted octanol–water partition coefficient (Wildman–Crippen LogP) is 2.00. The summed E-state index contributed by atoms with van der Waals surface area (Å²) in [6, 6.07) is 4.02. The van der Waals surface area contributed by atoms with Crippen molar-refractivity contribution in [3.63, 3.8) is 0 Å². The highest BCUT2D eigenvalue weighted by atomic mass is 32.2. The average molecular weight is 275 g/mol.